The number of imide groups is 1. The van der Waals surface area contributed by atoms with Gasteiger partial charge in [0, 0.05) is 17.8 Å². The van der Waals surface area contributed by atoms with Gasteiger partial charge in [-0.2, -0.15) is 0 Å². The van der Waals surface area contributed by atoms with Crippen molar-refractivity contribution in [1.82, 2.24) is 0 Å². The number of nitro benzene ring substituents is 1. The van der Waals surface area contributed by atoms with Crippen molar-refractivity contribution in [3.8, 4) is 0 Å². The normalized spacial score (nSPS) is 13.7. The third-order valence-electron chi connectivity index (χ3n) is 4.79. The van der Waals surface area contributed by atoms with Crippen LogP contribution in [0.4, 0.5) is 17.1 Å². The van der Waals surface area contributed by atoms with Crippen LogP contribution in [0.5, 0.6) is 0 Å². The van der Waals surface area contributed by atoms with Crippen molar-refractivity contribution in [3.63, 3.8) is 0 Å². The summed E-state index contributed by atoms with van der Waals surface area (Å²) in [5, 5.41) is 14.0. The van der Waals surface area contributed by atoms with E-state index in [0.717, 1.165) is 10.5 Å². The molecule has 0 aliphatic carbocycles. The van der Waals surface area contributed by atoms with Crippen LogP contribution in [0.25, 0.3) is 5.57 Å². The summed E-state index contributed by atoms with van der Waals surface area (Å²) in [5.74, 6) is -0.975. The number of aryl methyl sites for hydroxylation is 1. The summed E-state index contributed by atoms with van der Waals surface area (Å²) in [6.45, 7) is 1.92. The van der Waals surface area contributed by atoms with Crippen LogP contribution >= 0.6 is 0 Å². The molecule has 0 radical (unpaired) electrons. The number of nitrogens with zero attached hydrogens (tertiary/aromatic N) is 2. The van der Waals surface area contributed by atoms with Crippen molar-refractivity contribution >= 4 is 34.4 Å². The molecule has 4 rings (SSSR count). The number of nitrogens with one attached hydrogen (secondary N) is 1. The first-order valence-corrected chi connectivity index (χ1v) is 9.22. The number of rotatable bonds is 5. The molecule has 30 heavy (non-hydrogen) atoms. The second-order valence-corrected chi connectivity index (χ2v) is 6.83. The zero-order chi connectivity index (χ0) is 21.3. The Hall–Kier alpha value is -4.26. The maximum absolute atomic E-state index is 13.3. The van der Waals surface area contributed by atoms with Crippen molar-refractivity contribution in [2.45, 2.75) is 6.92 Å². The number of hydrogen-bond acceptors (Lipinski definition) is 5. The Balaban J connectivity index is 1.81. The quantitative estimate of drug-likeness (QED) is 0.392. The average Bonchev–Trinajstić information content (AvgIpc) is 2.99. The number of amides is 2. The highest BCUT2D eigenvalue weighted by atomic mass is 16.6. The largest absolute Gasteiger partial charge is 0.350 e. The molecule has 1 aliphatic rings. The lowest BCUT2D eigenvalue weighted by Gasteiger charge is -2.15. The summed E-state index contributed by atoms with van der Waals surface area (Å²) >= 11 is 0. The highest BCUT2D eigenvalue weighted by Gasteiger charge is 2.40. The second-order valence-electron chi connectivity index (χ2n) is 6.83. The Bertz CT molecular complexity index is 1170. The number of anilines is 2. The van der Waals surface area contributed by atoms with Crippen molar-refractivity contribution in [3.05, 3.63) is 106 Å². The number of benzene rings is 3. The Morgan fingerprint density at radius 3 is 2.07 bits per heavy atom. The SMILES string of the molecule is Cc1ccc(N2C(=O)C(Nc3ccccc3)=C(c3ccc([N+](=O)[O-])cc3)C2=O)cc1. The van der Waals surface area contributed by atoms with Crippen LogP contribution in [0.3, 0.4) is 0 Å². The molecule has 0 unspecified atom stereocenters. The molecule has 0 aromatic heterocycles. The molecule has 2 amide bonds. The third kappa shape index (κ3) is 3.44. The number of nitro groups is 1. The van der Waals surface area contributed by atoms with Crippen molar-refractivity contribution in [2.75, 3.05) is 10.2 Å². The van der Waals surface area contributed by atoms with Crippen molar-refractivity contribution < 1.29 is 14.5 Å². The van der Waals surface area contributed by atoms with Gasteiger partial charge in [-0.25, -0.2) is 4.90 Å². The molecule has 1 N–H and O–H groups in total. The minimum atomic E-state index is -0.512. The Morgan fingerprint density at radius 2 is 1.47 bits per heavy atom. The number of non-ortho nitro benzene ring substituents is 1. The Labute approximate surface area is 172 Å². The number of carbonyl (C=O) groups is 2. The van der Waals surface area contributed by atoms with Gasteiger partial charge < -0.3 is 5.32 Å². The molecule has 0 spiro atoms. The van der Waals surface area contributed by atoms with E-state index in [2.05, 4.69) is 5.32 Å². The monoisotopic (exact) mass is 399 g/mol. The van der Waals surface area contributed by atoms with E-state index in [9.17, 15) is 19.7 Å². The van der Waals surface area contributed by atoms with Gasteiger partial charge in [-0.3, -0.25) is 19.7 Å². The molecule has 3 aromatic carbocycles. The maximum Gasteiger partial charge on any atom is 0.282 e. The minimum absolute atomic E-state index is 0.0934. The van der Waals surface area contributed by atoms with Gasteiger partial charge >= 0.3 is 0 Å². The lowest BCUT2D eigenvalue weighted by atomic mass is 10.0. The molecule has 1 aliphatic heterocycles. The average molecular weight is 399 g/mol. The van der Waals surface area contributed by atoms with Crippen LogP contribution in [0, 0.1) is 17.0 Å². The Kier molecular flexibility index (Phi) is 4.85. The van der Waals surface area contributed by atoms with E-state index >= 15 is 0 Å². The standard InChI is InChI=1S/C23H17N3O4/c1-15-7-11-18(12-8-15)25-22(27)20(16-9-13-19(14-10-16)26(29)30)21(23(25)28)24-17-5-3-2-4-6-17/h2-14,24H,1H3. The van der Waals surface area contributed by atoms with Gasteiger partial charge in [0.25, 0.3) is 17.5 Å². The highest BCUT2D eigenvalue weighted by Crippen LogP contribution is 2.34. The molecule has 3 aromatic rings. The first kappa shape index (κ1) is 19.1. The molecule has 1 heterocycles. The number of carbonyl (C=O) groups excluding carboxylic acids is 2. The van der Waals surface area contributed by atoms with Gasteiger partial charge in [-0.15, -0.1) is 0 Å². The van der Waals surface area contributed by atoms with Crippen LogP contribution in [0.1, 0.15) is 11.1 Å². The summed E-state index contributed by atoms with van der Waals surface area (Å²) in [6.07, 6.45) is 0. The molecule has 148 valence electrons. The van der Waals surface area contributed by atoms with Crippen molar-refractivity contribution in [1.29, 1.82) is 0 Å². The van der Waals surface area contributed by atoms with Crippen LogP contribution in [-0.2, 0) is 9.59 Å². The summed E-state index contributed by atoms with van der Waals surface area (Å²) in [4.78, 5) is 38.1. The van der Waals surface area contributed by atoms with Crippen molar-refractivity contribution in [2.24, 2.45) is 0 Å². The maximum atomic E-state index is 13.3. The predicted octanol–water partition coefficient (Wildman–Crippen LogP) is 4.30. The van der Waals surface area contributed by atoms with Crippen LogP contribution in [0.15, 0.2) is 84.6 Å². The summed E-state index contributed by atoms with van der Waals surface area (Å²) in [7, 11) is 0. The van der Waals surface area contributed by atoms with Crippen LogP contribution in [0.2, 0.25) is 0 Å². The molecule has 0 saturated carbocycles. The minimum Gasteiger partial charge on any atom is -0.350 e. The number of hydrogen-bond donors (Lipinski definition) is 1. The van der Waals surface area contributed by atoms with Gasteiger partial charge in [0.15, 0.2) is 0 Å². The Morgan fingerprint density at radius 1 is 0.833 bits per heavy atom. The molecule has 7 heteroatoms. The fourth-order valence-corrected chi connectivity index (χ4v) is 3.26. The topological polar surface area (TPSA) is 92.6 Å². The summed E-state index contributed by atoms with van der Waals surface area (Å²) in [6, 6.07) is 21.7. The van der Waals surface area contributed by atoms with Crippen LogP contribution < -0.4 is 10.2 Å². The number of para-hydroxylation sites is 1. The zero-order valence-corrected chi connectivity index (χ0v) is 16.0. The van der Waals surface area contributed by atoms with E-state index in [1.165, 1.54) is 24.3 Å². The van der Waals surface area contributed by atoms with Gasteiger partial charge in [0.1, 0.15) is 5.70 Å². The predicted molar refractivity (Wildman–Crippen MR) is 114 cm³/mol. The highest BCUT2D eigenvalue weighted by molar-refractivity contribution is 6.46. The molecule has 0 saturated heterocycles. The second kappa shape index (κ2) is 7.63. The van der Waals surface area contributed by atoms with Gasteiger partial charge in [-0.1, -0.05) is 35.9 Å². The fraction of sp³-hybridized carbons (Fsp3) is 0.0435. The molecule has 7 nitrogen and oxygen atoms in total. The first-order valence-electron chi connectivity index (χ1n) is 9.22. The summed E-state index contributed by atoms with van der Waals surface area (Å²) < 4.78 is 0. The molecular formula is C23H17N3O4. The van der Waals surface area contributed by atoms with Gasteiger partial charge in [-0.05, 0) is 48.9 Å². The first-order chi connectivity index (χ1) is 14.5. The molecular weight excluding hydrogens is 382 g/mol. The van der Waals surface area contributed by atoms with Gasteiger partial charge in [0.05, 0.1) is 16.2 Å². The lowest BCUT2D eigenvalue weighted by Crippen LogP contribution is -2.32. The van der Waals surface area contributed by atoms with Crippen LogP contribution in [-0.4, -0.2) is 16.7 Å². The van der Waals surface area contributed by atoms with E-state index < -0.39 is 16.7 Å². The fourth-order valence-electron chi connectivity index (χ4n) is 3.26. The third-order valence-corrected chi connectivity index (χ3v) is 4.79. The van der Waals surface area contributed by atoms with E-state index in [1.807, 2.05) is 37.3 Å². The lowest BCUT2D eigenvalue weighted by molar-refractivity contribution is -0.384. The van der Waals surface area contributed by atoms with E-state index in [4.69, 9.17) is 0 Å². The molecule has 0 bridgehead atoms. The van der Waals surface area contributed by atoms with E-state index in [-0.39, 0.29) is 17.0 Å². The molecule has 0 fully saturated rings. The summed E-state index contributed by atoms with van der Waals surface area (Å²) in [5.41, 5.74) is 2.73. The van der Waals surface area contributed by atoms with Gasteiger partial charge in [0.2, 0.25) is 0 Å². The van der Waals surface area contributed by atoms with E-state index in [1.54, 1.807) is 24.3 Å². The zero-order valence-electron chi connectivity index (χ0n) is 16.0. The van der Waals surface area contributed by atoms with E-state index in [0.29, 0.717) is 16.9 Å². The smallest absolute Gasteiger partial charge is 0.282 e. The molecule has 0 atom stereocenters.